The topological polar surface area (TPSA) is 58.1 Å². The second-order valence-electron chi connectivity index (χ2n) is 18.1. The number of hydrogen-bond acceptors (Lipinski definition) is 1. The van der Waals surface area contributed by atoms with Crippen molar-refractivity contribution in [3.63, 3.8) is 0 Å². The summed E-state index contributed by atoms with van der Waals surface area (Å²) in [6.45, 7) is 2.20. The Hall–Kier alpha value is -8.61. The Morgan fingerprint density at radius 2 is 1.16 bits per heavy atom. The molecule has 0 saturated heterocycles. The lowest BCUT2D eigenvalue weighted by molar-refractivity contribution is 0.896. The first-order valence-electron chi connectivity index (χ1n) is 23.7. The summed E-state index contributed by atoms with van der Waals surface area (Å²) in [4.78, 5) is 0. The van der Waals surface area contributed by atoms with Gasteiger partial charge < -0.3 is 14.9 Å². The van der Waals surface area contributed by atoms with Crippen LogP contribution in [0.15, 0.2) is 211 Å². The number of nitrogens with two attached hydrogens (primary N) is 1. The van der Waals surface area contributed by atoms with E-state index >= 15 is 0 Å². The number of aromatic nitrogens is 4. The quantitative estimate of drug-likeness (QED) is 0.120. The van der Waals surface area contributed by atoms with E-state index in [-0.39, 0.29) is 0 Å². The Labute approximate surface area is 394 Å². The maximum atomic E-state index is 7.33. The summed E-state index contributed by atoms with van der Waals surface area (Å²) in [7, 11) is 0. The first kappa shape index (κ1) is 39.7. The van der Waals surface area contributed by atoms with Gasteiger partial charge in [-0.15, -0.1) is 5.10 Å². The fourth-order valence-electron chi connectivity index (χ4n) is 11.2. The van der Waals surface area contributed by atoms with Crippen molar-refractivity contribution >= 4 is 66.6 Å². The zero-order valence-corrected chi connectivity index (χ0v) is 37.8. The van der Waals surface area contributed by atoms with E-state index in [2.05, 4.69) is 238 Å². The van der Waals surface area contributed by atoms with Crippen molar-refractivity contribution in [2.24, 2.45) is 10.8 Å². The first-order valence-corrected chi connectivity index (χ1v) is 23.7. The van der Waals surface area contributed by atoms with E-state index in [0.717, 1.165) is 86.5 Å². The molecule has 0 radical (unpaired) electrons. The molecule has 326 valence electrons. The molecular weight excluding hydrogens is 829 g/mol. The number of para-hydroxylation sites is 4. The summed E-state index contributed by atoms with van der Waals surface area (Å²) in [5, 5.41) is 11.3. The Bertz CT molecular complexity index is 3910. The van der Waals surface area contributed by atoms with E-state index in [4.69, 9.17) is 10.8 Å². The lowest BCUT2D eigenvalue weighted by atomic mass is 9.96. The highest BCUT2D eigenvalue weighted by Gasteiger charge is 2.24. The van der Waals surface area contributed by atoms with Crippen LogP contribution in [0.3, 0.4) is 0 Å². The molecule has 1 aliphatic rings. The highest BCUT2D eigenvalue weighted by Crippen LogP contribution is 2.42. The SMILES string of the molecule is Cc1c(CCc2cn(-c3ccccc3)c3c2CCC=C3)c2ccccc2n1/C(N)=N/n1c2ccccc2c2c1ccc1c3ccccc3n(-c3cc(-c4ccccc4)cc(-c4ccccc4)c3)c12. The second-order valence-corrected chi connectivity index (χ2v) is 18.1. The smallest absolute Gasteiger partial charge is 0.223 e. The molecule has 2 N–H and O–H groups in total. The van der Waals surface area contributed by atoms with Crippen LogP contribution in [0.2, 0.25) is 0 Å². The average Bonchev–Trinajstić information content (AvgIpc) is 4.12. The van der Waals surface area contributed by atoms with Crippen LogP contribution in [0.5, 0.6) is 0 Å². The molecule has 4 heterocycles. The largest absolute Gasteiger partial charge is 0.368 e. The monoisotopic (exact) mass is 876 g/mol. The third-order valence-electron chi connectivity index (χ3n) is 14.3. The molecular formula is C62H48N6. The summed E-state index contributed by atoms with van der Waals surface area (Å²) in [6, 6.07) is 69.6. The highest BCUT2D eigenvalue weighted by molar-refractivity contribution is 6.26. The molecule has 0 bridgehead atoms. The lowest BCUT2D eigenvalue weighted by Gasteiger charge is -2.14. The van der Waals surface area contributed by atoms with Gasteiger partial charge in [0.1, 0.15) is 0 Å². The van der Waals surface area contributed by atoms with E-state index in [1.165, 1.54) is 55.4 Å². The summed E-state index contributed by atoms with van der Waals surface area (Å²) in [5.41, 5.74) is 26.2. The Kier molecular flexibility index (Phi) is 9.39. The first-order chi connectivity index (χ1) is 33.6. The molecule has 13 rings (SSSR count). The van der Waals surface area contributed by atoms with Gasteiger partial charge in [0.2, 0.25) is 5.96 Å². The van der Waals surface area contributed by atoms with Gasteiger partial charge in [0.15, 0.2) is 0 Å². The van der Waals surface area contributed by atoms with Gasteiger partial charge in [-0.2, -0.15) is 0 Å². The maximum absolute atomic E-state index is 7.33. The van der Waals surface area contributed by atoms with E-state index in [1.54, 1.807) is 0 Å². The molecule has 0 aliphatic heterocycles. The van der Waals surface area contributed by atoms with Crippen molar-refractivity contribution < 1.29 is 0 Å². The predicted octanol–water partition coefficient (Wildman–Crippen LogP) is 14.7. The molecule has 4 aromatic heterocycles. The van der Waals surface area contributed by atoms with Gasteiger partial charge in [-0.1, -0.05) is 140 Å². The summed E-state index contributed by atoms with van der Waals surface area (Å²) in [6.07, 6.45) is 10.9. The Balaban J connectivity index is 0.978. The van der Waals surface area contributed by atoms with Gasteiger partial charge in [0, 0.05) is 55.9 Å². The van der Waals surface area contributed by atoms with Crippen LogP contribution < -0.4 is 5.73 Å². The van der Waals surface area contributed by atoms with Gasteiger partial charge in [0.05, 0.1) is 27.6 Å². The van der Waals surface area contributed by atoms with E-state index in [1.807, 2.05) is 0 Å². The molecule has 0 atom stereocenters. The molecule has 6 nitrogen and oxygen atoms in total. The van der Waals surface area contributed by atoms with E-state index in [0.29, 0.717) is 5.96 Å². The number of benzene rings is 8. The number of rotatable bonds is 8. The van der Waals surface area contributed by atoms with Crippen molar-refractivity contribution in [1.82, 2.24) is 18.4 Å². The second kappa shape index (κ2) is 16.1. The number of hydrogen-bond donors (Lipinski definition) is 1. The fourth-order valence-corrected chi connectivity index (χ4v) is 11.2. The molecule has 0 spiro atoms. The molecule has 0 amide bonds. The summed E-state index contributed by atoms with van der Waals surface area (Å²) >= 11 is 0. The van der Waals surface area contributed by atoms with E-state index in [9.17, 15) is 0 Å². The normalized spacial score (nSPS) is 12.9. The van der Waals surface area contributed by atoms with Crippen LogP contribution in [0.25, 0.3) is 94.2 Å². The molecule has 1 aliphatic carbocycles. The lowest BCUT2D eigenvalue weighted by Crippen LogP contribution is -2.24. The van der Waals surface area contributed by atoms with Gasteiger partial charge in [-0.05, 0) is 138 Å². The minimum absolute atomic E-state index is 0.425. The van der Waals surface area contributed by atoms with Crippen molar-refractivity contribution in [3.05, 3.63) is 234 Å². The molecule has 8 aromatic carbocycles. The van der Waals surface area contributed by atoms with Gasteiger partial charge in [-0.25, -0.2) is 4.68 Å². The zero-order valence-electron chi connectivity index (χ0n) is 37.8. The van der Waals surface area contributed by atoms with Crippen LogP contribution in [-0.4, -0.2) is 24.3 Å². The van der Waals surface area contributed by atoms with Crippen molar-refractivity contribution in [3.8, 4) is 33.6 Å². The van der Waals surface area contributed by atoms with Crippen LogP contribution in [0, 0.1) is 6.92 Å². The standard InChI is InChI=1S/C62H48N6/c1-41-49(34-33-44-40-65(47-23-9-4-10-24-47)55-29-15-11-25-50(44)55)51-26-12-16-30-56(51)66(41)62(63)64-68-58-32-18-14-28-54(58)60-59(68)36-35-53-52-27-13-17-31-57(52)67(61(53)60)48-38-45(42-19-5-2-6-20-42)37-46(39-48)43-21-7-3-8-22-43/h2-10,12-24,26-32,35-40H,11,25,33-34H2,1H3,(H2,63,64). The van der Waals surface area contributed by atoms with Crippen LogP contribution in [0.4, 0.5) is 0 Å². The fraction of sp³-hybridized carbons (Fsp3) is 0.0806. The van der Waals surface area contributed by atoms with Crippen LogP contribution in [-0.2, 0) is 19.3 Å². The number of nitrogens with zero attached hydrogens (tertiary/aromatic N) is 5. The Morgan fingerprint density at radius 1 is 0.544 bits per heavy atom. The molecule has 12 aromatic rings. The molecule has 0 saturated carbocycles. The van der Waals surface area contributed by atoms with Crippen LogP contribution >= 0.6 is 0 Å². The molecule has 6 heteroatoms. The average molecular weight is 877 g/mol. The molecule has 0 unspecified atom stereocenters. The van der Waals surface area contributed by atoms with Gasteiger partial charge >= 0.3 is 0 Å². The zero-order chi connectivity index (χ0) is 45.3. The minimum atomic E-state index is 0.425. The summed E-state index contributed by atoms with van der Waals surface area (Å²) < 4.78 is 9.06. The third-order valence-corrected chi connectivity index (χ3v) is 14.3. The Morgan fingerprint density at radius 3 is 1.88 bits per heavy atom. The van der Waals surface area contributed by atoms with Crippen LogP contribution in [0.1, 0.15) is 34.5 Å². The van der Waals surface area contributed by atoms with Gasteiger partial charge in [-0.3, -0.25) is 4.57 Å². The number of allylic oxidation sites excluding steroid dienone is 1. The number of fused-ring (bicyclic) bond motifs is 9. The van der Waals surface area contributed by atoms with Gasteiger partial charge in [0.25, 0.3) is 0 Å². The van der Waals surface area contributed by atoms with Crippen molar-refractivity contribution in [2.45, 2.75) is 32.6 Å². The molecule has 0 fully saturated rings. The number of aryl methyl sites for hydroxylation is 2. The van der Waals surface area contributed by atoms with Crippen molar-refractivity contribution in [2.75, 3.05) is 0 Å². The summed E-state index contributed by atoms with van der Waals surface area (Å²) in [5.74, 6) is 0.425. The van der Waals surface area contributed by atoms with E-state index < -0.39 is 0 Å². The predicted molar refractivity (Wildman–Crippen MR) is 284 cm³/mol. The maximum Gasteiger partial charge on any atom is 0.223 e. The minimum Gasteiger partial charge on any atom is -0.368 e. The highest BCUT2D eigenvalue weighted by atomic mass is 15.4. The van der Waals surface area contributed by atoms with Crippen molar-refractivity contribution in [1.29, 1.82) is 0 Å². The molecule has 68 heavy (non-hydrogen) atoms. The third kappa shape index (κ3) is 6.36.